The molecule has 2 rings (SSSR count). The molecule has 1 fully saturated rings. The minimum absolute atomic E-state index is 0.244. The summed E-state index contributed by atoms with van der Waals surface area (Å²) in [5, 5.41) is 11.8. The van der Waals surface area contributed by atoms with E-state index in [9.17, 15) is 0 Å². The van der Waals surface area contributed by atoms with Crippen LogP contribution in [-0.2, 0) is 7.05 Å². The number of nitrogens with one attached hydrogen (secondary N) is 1. The summed E-state index contributed by atoms with van der Waals surface area (Å²) in [4.78, 5) is 0. The number of thioether (sulfide) groups is 1. The molecule has 1 N–H and O–H groups in total. The van der Waals surface area contributed by atoms with Crippen LogP contribution in [0.15, 0.2) is 4.60 Å². The van der Waals surface area contributed by atoms with E-state index in [-0.39, 0.29) is 4.75 Å². The molecule has 0 spiro atoms. The minimum atomic E-state index is 0.244. The highest BCUT2D eigenvalue weighted by Gasteiger charge is 2.41. The second-order valence-corrected chi connectivity index (χ2v) is 7.03. The largest absolute Gasteiger partial charge is 0.308 e. The highest BCUT2D eigenvalue weighted by Crippen LogP contribution is 2.47. The van der Waals surface area contributed by atoms with E-state index in [2.05, 4.69) is 57.2 Å². The predicted molar refractivity (Wildman–Crippen MR) is 75.2 cm³/mol. The summed E-state index contributed by atoms with van der Waals surface area (Å²) in [5.74, 6) is 1.25. The van der Waals surface area contributed by atoms with Crippen LogP contribution >= 0.6 is 27.7 Å². The maximum Gasteiger partial charge on any atom is 0.153 e. The highest BCUT2D eigenvalue weighted by atomic mass is 79.9. The van der Waals surface area contributed by atoms with Crippen LogP contribution in [-0.4, -0.2) is 32.0 Å². The molecule has 1 aromatic rings. The Morgan fingerprint density at radius 1 is 1.65 bits per heavy atom. The second kappa shape index (κ2) is 5.28. The van der Waals surface area contributed by atoms with E-state index < -0.39 is 0 Å². The molecule has 1 aromatic heterocycles. The number of halogens is 1. The van der Waals surface area contributed by atoms with Gasteiger partial charge in [-0.1, -0.05) is 12.1 Å². The molecule has 6 heteroatoms. The van der Waals surface area contributed by atoms with Crippen molar-refractivity contribution in [3.05, 3.63) is 10.3 Å². The Hall–Kier alpha value is -0.0700. The minimum Gasteiger partial charge on any atom is -0.308 e. The summed E-state index contributed by atoms with van der Waals surface area (Å²) >= 11 is 5.57. The average molecular weight is 319 g/mol. The van der Waals surface area contributed by atoms with E-state index in [1.807, 2.05) is 11.7 Å². The Balaban J connectivity index is 2.35. The number of aryl methyl sites for hydroxylation is 1. The zero-order chi connectivity index (χ0) is 12.5. The highest BCUT2D eigenvalue weighted by molar-refractivity contribution is 9.10. The third-order valence-electron chi connectivity index (χ3n) is 3.37. The molecule has 1 aliphatic rings. The van der Waals surface area contributed by atoms with Gasteiger partial charge in [0.2, 0.25) is 0 Å². The van der Waals surface area contributed by atoms with Gasteiger partial charge >= 0.3 is 0 Å². The molecule has 0 aromatic carbocycles. The fraction of sp³-hybridized carbons (Fsp3) is 0.818. The molecule has 1 saturated heterocycles. The summed E-state index contributed by atoms with van der Waals surface area (Å²) < 4.78 is 2.98. The first kappa shape index (κ1) is 13.4. The molecule has 0 radical (unpaired) electrons. The van der Waals surface area contributed by atoms with E-state index in [0.29, 0.717) is 6.04 Å². The van der Waals surface area contributed by atoms with Crippen molar-refractivity contribution < 1.29 is 0 Å². The van der Waals surface area contributed by atoms with Crippen molar-refractivity contribution in [1.82, 2.24) is 20.3 Å². The standard InChI is InChI=1S/C11H19BrN4S/c1-4-13-9(11(2)6-5-7-17-11)8-10(12)14-15-16(8)3/h9,13H,4-7H2,1-3H3. The van der Waals surface area contributed by atoms with Crippen LogP contribution in [0, 0.1) is 0 Å². The smallest absolute Gasteiger partial charge is 0.153 e. The summed E-state index contributed by atoms with van der Waals surface area (Å²) in [6.45, 7) is 5.45. The maximum absolute atomic E-state index is 4.10. The van der Waals surface area contributed by atoms with Gasteiger partial charge in [-0.25, -0.2) is 4.68 Å². The van der Waals surface area contributed by atoms with E-state index in [4.69, 9.17) is 0 Å². The molecule has 17 heavy (non-hydrogen) atoms. The number of hydrogen-bond donors (Lipinski definition) is 1. The van der Waals surface area contributed by atoms with Gasteiger partial charge in [-0.3, -0.25) is 0 Å². The molecule has 0 saturated carbocycles. The van der Waals surface area contributed by atoms with Crippen LogP contribution in [0.3, 0.4) is 0 Å². The van der Waals surface area contributed by atoms with Gasteiger partial charge in [-0.05, 0) is 48.0 Å². The molecule has 2 unspecified atom stereocenters. The first-order valence-corrected chi connectivity index (χ1v) is 7.79. The Kier molecular flexibility index (Phi) is 4.15. The normalized spacial score (nSPS) is 26.4. The van der Waals surface area contributed by atoms with Crippen LogP contribution in [0.1, 0.15) is 38.4 Å². The van der Waals surface area contributed by atoms with E-state index >= 15 is 0 Å². The van der Waals surface area contributed by atoms with Crippen LogP contribution in [0.25, 0.3) is 0 Å². The molecule has 0 bridgehead atoms. The van der Waals surface area contributed by atoms with Gasteiger partial charge in [0.15, 0.2) is 4.60 Å². The lowest BCUT2D eigenvalue weighted by Gasteiger charge is -2.33. The second-order valence-electron chi connectivity index (χ2n) is 4.64. The zero-order valence-corrected chi connectivity index (χ0v) is 12.9. The average Bonchev–Trinajstić information content (AvgIpc) is 2.85. The molecular weight excluding hydrogens is 300 g/mol. The van der Waals surface area contributed by atoms with Gasteiger partial charge in [0.05, 0.1) is 11.7 Å². The van der Waals surface area contributed by atoms with Crippen molar-refractivity contribution >= 4 is 27.7 Å². The molecule has 0 amide bonds. The molecule has 1 aliphatic heterocycles. The van der Waals surface area contributed by atoms with E-state index in [1.54, 1.807) is 0 Å². The Bertz CT molecular complexity index is 367. The van der Waals surface area contributed by atoms with Gasteiger partial charge in [-0.2, -0.15) is 11.8 Å². The predicted octanol–water partition coefficient (Wildman–Crippen LogP) is 2.51. The lowest BCUT2D eigenvalue weighted by atomic mass is 9.93. The number of nitrogens with zero attached hydrogens (tertiary/aromatic N) is 3. The molecule has 0 aliphatic carbocycles. The van der Waals surface area contributed by atoms with Crippen molar-refractivity contribution in [1.29, 1.82) is 0 Å². The zero-order valence-electron chi connectivity index (χ0n) is 10.5. The lowest BCUT2D eigenvalue weighted by Crippen LogP contribution is -2.39. The summed E-state index contributed by atoms with van der Waals surface area (Å²) in [7, 11) is 1.96. The maximum atomic E-state index is 4.10. The van der Waals surface area contributed by atoms with Gasteiger partial charge < -0.3 is 5.32 Å². The van der Waals surface area contributed by atoms with Gasteiger partial charge in [0.25, 0.3) is 0 Å². The summed E-state index contributed by atoms with van der Waals surface area (Å²) in [6, 6.07) is 0.300. The lowest BCUT2D eigenvalue weighted by molar-refractivity contribution is 0.398. The molecule has 2 heterocycles. The van der Waals surface area contributed by atoms with Crippen molar-refractivity contribution in [2.45, 2.75) is 37.5 Å². The monoisotopic (exact) mass is 318 g/mol. The van der Waals surface area contributed by atoms with Gasteiger partial charge in [-0.15, -0.1) is 5.10 Å². The summed E-state index contributed by atoms with van der Waals surface area (Å²) in [5.41, 5.74) is 1.16. The fourth-order valence-electron chi connectivity index (χ4n) is 2.48. The quantitative estimate of drug-likeness (QED) is 0.926. The molecule has 2 atom stereocenters. The van der Waals surface area contributed by atoms with E-state index in [0.717, 1.165) is 16.8 Å². The van der Waals surface area contributed by atoms with Crippen molar-refractivity contribution in [2.24, 2.45) is 7.05 Å². The number of aromatic nitrogens is 3. The van der Waals surface area contributed by atoms with Crippen LogP contribution in [0.5, 0.6) is 0 Å². The first-order valence-electron chi connectivity index (χ1n) is 6.01. The third kappa shape index (κ3) is 2.53. The van der Waals surface area contributed by atoms with Crippen molar-refractivity contribution in [3.63, 3.8) is 0 Å². The van der Waals surface area contributed by atoms with Gasteiger partial charge in [0, 0.05) is 11.8 Å². The fourth-order valence-corrected chi connectivity index (χ4v) is 4.44. The van der Waals surface area contributed by atoms with E-state index in [1.165, 1.54) is 18.6 Å². The Labute approximate surface area is 115 Å². The summed E-state index contributed by atoms with van der Waals surface area (Å²) in [6.07, 6.45) is 2.54. The number of hydrogen-bond acceptors (Lipinski definition) is 4. The van der Waals surface area contributed by atoms with Gasteiger partial charge in [0.1, 0.15) is 0 Å². The molecular formula is C11H19BrN4S. The van der Waals surface area contributed by atoms with Crippen LogP contribution in [0.4, 0.5) is 0 Å². The Morgan fingerprint density at radius 2 is 2.41 bits per heavy atom. The van der Waals surface area contributed by atoms with Crippen molar-refractivity contribution in [3.8, 4) is 0 Å². The number of rotatable bonds is 4. The van der Waals surface area contributed by atoms with Crippen LogP contribution < -0.4 is 5.32 Å². The first-order chi connectivity index (χ1) is 8.08. The molecule has 4 nitrogen and oxygen atoms in total. The topological polar surface area (TPSA) is 42.7 Å². The molecule has 96 valence electrons. The Morgan fingerprint density at radius 3 is 2.88 bits per heavy atom. The SMILES string of the molecule is CCNC(c1c(Br)nnn1C)C1(C)CCCS1. The van der Waals surface area contributed by atoms with Crippen molar-refractivity contribution in [2.75, 3.05) is 12.3 Å². The third-order valence-corrected chi connectivity index (χ3v) is 5.53. The van der Waals surface area contributed by atoms with Crippen LogP contribution in [0.2, 0.25) is 0 Å².